The number of nitrogens with two attached hydrogens (primary N) is 1. The highest BCUT2D eigenvalue weighted by molar-refractivity contribution is 6.33. The van der Waals surface area contributed by atoms with Crippen molar-refractivity contribution in [1.82, 2.24) is 4.90 Å². The zero-order valence-corrected chi connectivity index (χ0v) is 14.1. The standard InChI is InChI=1S/C17H21ClN4O/c1-11-5-12(2)9-22(8-11)10-13(7-19)17(23)21-14-3-4-16(20)15(18)6-14/h3-4,6,10-12H,5,8-9,20H2,1-2H3,(H,21,23)/b13-10-. The van der Waals surface area contributed by atoms with Crippen LogP contribution in [0.2, 0.25) is 5.02 Å². The van der Waals surface area contributed by atoms with Crippen molar-refractivity contribution in [2.45, 2.75) is 20.3 Å². The minimum Gasteiger partial charge on any atom is -0.398 e. The van der Waals surface area contributed by atoms with E-state index in [1.165, 1.54) is 6.42 Å². The minimum absolute atomic E-state index is 0.0826. The Labute approximate surface area is 141 Å². The molecule has 122 valence electrons. The van der Waals surface area contributed by atoms with Crippen molar-refractivity contribution in [1.29, 1.82) is 5.26 Å². The molecular formula is C17H21ClN4O. The number of amides is 1. The summed E-state index contributed by atoms with van der Waals surface area (Å²) in [5.74, 6) is 0.655. The van der Waals surface area contributed by atoms with Crippen molar-refractivity contribution >= 4 is 28.9 Å². The lowest BCUT2D eigenvalue weighted by molar-refractivity contribution is -0.112. The number of benzene rings is 1. The lowest BCUT2D eigenvalue weighted by Crippen LogP contribution is -2.35. The van der Waals surface area contributed by atoms with Gasteiger partial charge in [0, 0.05) is 25.0 Å². The van der Waals surface area contributed by atoms with Crippen LogP contribution in [0.25, 0.3) is 0 Å². The van der Waals surface area contributed by atoms with Crippen molar-refractivity contribution in [3.63, 3.8) is 0 Å². The smallest absolute Gasteiger partial charge is 0.267 e. The van der Waals surface area contributed by atoms with Crippen molar-refractivity contribution < 1.29 is 4.79 Å². The Morgan fingerprint density at radius 1 is 1.43 bits per heavy atom. The van der Waals surface area contributed by atoms with Gasteiger partial charge < -0.3 is 16.0 Å². The Morgan fingerprint density at radius 2 is 2.09 bits per heavy atom. The van der Waals surface area contributed by atoms with Gasteiger partial charge in [0.05, 0.1) is 10.7 Å². The summed E-state index contributed by atoms with van der Waals surface area (Å²) in [5.41, 5.74) is 6.67. The maximum atomic E-state index is 12.3. The van der Waals surface area contributed by atoms with E-state index in [1.807, 2.05) is 11.0 Å². The number of anilines is 2. The lowest BCUT2D eigenvalue weighted by atomic mass is 9.92. The molecule has 1 fully saturated rings. The van der Waals surface area contributed by atoms with E-state index in [4.69, 9.17) is 17.3 Å². The molecular weight excluding hydrogens is 312 g/mol. The number of nitriles is 1. The number of hydrogen-bond acceptors (Lipinski definition) is 4. The number of nitrogens with zero attached hydrogens (tertiary/aromatic N) is 2. The average Bonchev–Trinajstić information content (AvgIpc) is 2.47. The van der Waals surface area contributed by atoms with E-state index in [2.05, 4.69) is 19.2 Å². The zero-order valence-electron chi connectivity index (χ0n) is 13.3. The third kappa shape index (κ3) is 4.64. The summed E-state index contributed by atoms with van der Waals surface area (Å²) < 4.78 is 0. The lowest BCUT2D eigenvalue weighted by Gasteiger charge is -2.34. The van der Waals surface area contributed by atoms with Crippen LogP contribution in [0.5, 0.6) is 0 Å². The molecule has 3 N–H and O–H groups in total. The van der Waals surface area contributed by atoms with Crippen LogP contribution in [0.15, 0.2) is 30.0 Å². The third-order valence-electron chi connectivity index (χ3n) is 3.83. The first kappa shape index (κ1) is 17.2. The second-order valence-electron chi connectivity index (χ2n) is 6.24. The number of piperidine rings is 1. The molecule has 6 heteroatoms. The first-order valence-corrected chi connectivity index (χ1v) is 7.99. The molecule has 0 spiro atoms. The summed E-state index contributed by atoms with van der Waals surface area (Å²) in [4.78, 5) is 14.3. The molecule has 23 heavy (non-hydrogen) atoms. The van der Waals surface area contributed by atoms with Crippen LogP contribution in [0.3, 0.4) is 0 Å². The van der Waals surface area contributed by atoms with Crippen LogP contribution in [0.1, 0.15) is 20.3 Å². The Kier molecular flexibility index (Phi) is 5.51. The quantitative estimate of drug-likeness (QED) is 0.505. The minimum atomic E-state index is -0.445. The topological polar surface area (TPSA) is 82.2 Å². The Hall–Kier alpha value is -2.19. The fourth-order valence-corrected chi connectivity index (χ4v) is 3.12. The SMILES string of the molecule is CC1CC(C)CN(/C=C(/C#N)C(=O)Nc2ccc(N)c(Cl)c2)C1. The van der Waals surface area contributed by atoms with E-state index in [0.29, 0.717) is 28.2 Å². The highest BCUT2D eigenvalue weighted by atomic mass is 35.5. The fraction of sp³-hybridized carbons (Fsp3) is 0.412. The van der Waals surface area contributed by atoms with Crippen molar-refractivity contribution in [2.24, 2.45) is 11.8 Å². The first-order valence-electron chi connectivity index (χ1n) is 7.61. The Morgan fingerprint density at radius 3 is 2.65 bits per heavy atom. The van der Waals surface area contributed by atoms with Gasteiger partial charge in [-0.3, -0.25) is 4.79 Å². The van der Waals surface area contributed by atoms with Gasteiger partial charge >= 0.3 is 0 Å². The van der Waals surface area contributed by atoms with Gasteiger partial charge in [-0.15, -0.1) is 0 Å². The van der Waals surface area contributed by atoms with E-state index >= 15 is 0 Å². The maximum Gasteiger partial charge on any atom is 0.267 e. The van der Waals surface area contributed by atoms with Crippen LogP contribution in [0, 0.1) is 23.2 Å². The largest absolute Gasteiger partial charge is 0.398 e. The van der Waals surface area contributed by atoms with Gasteiger partial charge in [0.15, 0.2) is 0 Å². The van der Waals surface area contributed by atoms with E-state index in [0.717, 1.165) is 13.1 Å². The van der Waals surface area contributed by atoms with E-state index in [9.17, 15) is 10.1 Å². The van der Waals surface area contributed by atoms with E-state index in [-0.39, 0.29) is 5.57 Å². The maximum absolute atomic E-state index is 12.3. The first-order chi connectivity index (χ1) is 10.9. The van der Waals surface area contributed by atoms with Crippen molar-refractivity contribution in [2.75, 3.05) is 24.1 Å². The molecule has 1 heterocycles. The molecule has 2 unspecified atom stereocenters. The molecule has 0 radical (unpaired) electrons. The average molecular weight is 333 g/mol. The monoisotopic (exact) mass is 332 g/mol. The fourth-order valence-electron chi connectivity index (χ4n) is 2.94. The van der Waals surface area contributed by atoms with Gasteiger partial charge in [-0.1, -0.05) is 25.4 Å². The van der Waals surface area contributed by atoms with Gasteiger partial charge in [0.1, 0.15) is 11.6 Å². The third-order valence-corrected chi connectivity index (χ3v) is 4.16. The van der Waals surface area contributed by atoms with Crippen LogP contribution in [-0.2, 0) is 4.79 Å². The molecule has 5 nitrogen and oxygen atoms in total. The molecule has 0 aromatic heterocycles. The summed E-state index contributed by atoms with van der Waals surface area (Å²) in [6.07, 6.45) is 2.82. The van der Waals surface area contributed by atoms with Crippen LogP contribution in [-0.4, -0.2) is 23.9 Å². The van der Waals surface area contributed by atoms with Crippen molar-refractivity contribution in [3.05, 3.63) is 35.0 Å². The second-order valence-corrected chi connectivity index (χ2v) is 6.65. The van der Waals surface area contributed by atoms with Crippen LogP contribution < -0.4 is 11.1 Å². The number of nitrogen functional groups attached to an aromatic ring is 1. The molecule has 1 amide bonds. The molecule has 1 aromatic rings. The molecule has 2 rings (SSSR count). The van der Waals surface area contributed by atoms with E-state index in [1.54, 1.807) is 24.4 Å². The molecule has 1 aliphatic rings. The number of likely N-dealkylation sites (tertiary alicyclic amines) is 1. The van der Waals surface area contributed by atoms with Gasteiger partial charge in [0.25, 0.3) is 5.91 Å². The molecule has 0 saturated carbocycles. The molecule has 1 saturated heterocycles. The van der Waals surface area contributed by atoms with Gasteiger partial charge in [-0.05, 0) is 36.5 Å². The number of carbonyl (C=O) groups is 1. The Bertz CT molecular complexity index is 655. The van der Waals surface area contributed by atoms with E-state index < -0.39 is 5.91 Å². The summed E-state index contributed by atoms with van der Waals surface area (Å²) in [5, 5.41) is 12.3. The summed E-state index contributed by atoms with van der Waals surface area (Å²) >= 11 is 5.93. The van der Waals surface area contributed by atoms with Crippen LogP contribution >= 0.6 is 11.6 Å². The van der Waals surface area contributed by atoms with Gasteiger partial charge in [-0.25, -0.2) is 0 Å². The van der Waals surface area contributed by atoms with Crippen molar-refractivity contribution in [3.8, 4) is 6.07 Å². The predicted octanol–water partition coefficient (Wildman–Crippen LogP) is 3.25. The number of carbonyl (C=O) groups excluding carboxylic acids is 1. The number of rotatable bonds is 3. The molecule has 1 aliphatic heterocycles. The Balaban J connectivity index is 2.10. The van der Waals surface area contributed by atoms with Gasteiger partial charge in [0.2, 0.25) is 0 Å². The molecule has 0 bridgehead atoms. The van der Waals surface area contributed by atoms with Crippen LogP contribution in [0.4, 0.5) is 11.4 Å². The molecule has 0 aliphatic carbocycles. The highest BCUT2D eigenvalue weighted by Gasteiger charge is 2.21. The molecule has 1 aromatic carbocycles. The number of hydrogen-bond donors (Lipinski definition) is 2. The zero-order chi connectivity index (χ0) is 17.0. The number of nitrogens with one attached hydrogen (secondary N) is 1. The highest BCUT2D eigenvalue weighted by Crippen LogP contribution is 2.24. The number of halogens is 1. The summed E-state index contributed by atoms with van der Waals surface area (Å²) in [6.45, 7) is 6.07. The second kappa shape index (κ2) is 7.38. The normalized spacial score (nSPS) is 21.7. The summed E-state index contributed by atoms with van der Waals surface area (Å²) in [7, 11) is 0. The molecule has 2 atom stereocenters. The van der Waals surface area contributed by atoms with Gasteiger partial charge in [-0.2, -0.15) is 5.26 Å². The summed E-state index contributed by atoms with van der Waals surface area (Å²) in [6, 6.07) is 6.80. The predicted molar refractivity (Wildman–Crippen MR) is 92.7 cm³/mol.